The highest BCUT2D eigenvalue weighted by Gasteiger charge is 2.40. The van der Waals surface area contributed by atoms with Crippen molar-refractivity contribution in [2.45, 2.75) is 32.1 Å². The van der Waals surface area contributed by atoms with Gasteiger partial charge in [0.1, 0.15) is 22.4 Å². The van der Waals surface area contributed by atoms with Crippen LogP contribution in [-0.2, 0) is 22.6 Å². The van der Waals surface area contributed by atoms with E-state index in [2.05, 4.69) is 5.32 Å². The van der Waals surface area contributed by atoms with Gasteiger partial charge < -0.3 is 9.73 Å². The highest BCUT2D eigenvalue weighted by atomic mass is 32.2. The van der Waals surface area contributed by atoms with Gasteiger partial charge in [-0.05, 0) is 50.1 Å². The molecular weight excluding hydrogens is 434 g/mol. The van der Waals surface area contributed by atoms with Crippen molar-refractivity contribution in [1.82, 2.24) is 5.32 Å². The zero-order chi connectivity index (χ0) is 23.4. The maximum atomic E-state index is 13.5. The van der Waals surface area contributed by atoms with Crippen LogP contribution in [0.5, 0.6) is 0 Å². The number of carbonyl (C=O) groups excluding carboxylic acids is 2. The normalized spacial score (nSPS) is 17.1. The van der Waals surface area contributed by atoms with Gasteiger partial charge >= 0.3 is 0 Å². The molecule has 1 fully saturated rings. The van der Waals surface area contributed by atoms with E-state index in [1.165, 1.54) is 22.9 Å². The largest absolute Gasteiger partial charge is 0.467 e. The molecule has 1 aliphatic heterocycles. The summed E-state index contributed by atoms with van der Waals surface area (Å²) in [6, 6.07) is 21.0. The molecule has 2 heterocycles. The number of nitrogens with one attached hydrogen (secondary N) is 1. The molecule has 1 aromatic heterocycles. The number of nitrogens with zero attached hydrogens (tertiary/aromatic N) is 2. The Hall–Kier alpha value is -3.76. The van der Waals surface area contributed by atoms with E-state index in [9.17, 15) is 14.9 Å². The second-order valence-electron chi connectivity index (χ2n) is 7.86. The molecule has 0 spiro atoms. The Morgan fingerprint density at radius 3 is 2.58 bits per heavy atom. The first-order valence-corrected chi connectivity index (χ1v) is 11.4. The third kappa shape index (κ3) is 5.02. The maximum Gasteiger partial charge on any atom is 0.265 e. The van der Waals surface area contributed by atoms with Crippen molar-refractivity contribution in [3.63, 3.8) is 0 Å². The lowest BCUT2D eigenvalue weighted by atomic mass is 10.1. The molecule has 0 aliphatic carbocycles. The number of carbonyl (C=O) groups is 2. The number of aryl methyl sites for hydroxylation is 2. The number of amides is 2. The van der Waals surface area contributed by atoms with E-state index in [0.717, 1.165) is 16.7 Å². The second kappa shape index (κ2) is 9.80. The average molecular weight is 458 g/mol. The van der Waals surface area contributed by atoms with Crippen molar-refractivity contribution in [3.05, 3.63) is 100.0 Å². The van der Waals surface area contributed by atoms with Gasteiger partial charge in [0, 0.05) is 5.69 Å². The number of hydrogen-bond donors (Lipinski definition) is 1. The molecular formula is C26H23N3O3S. The third-order valence-corrected chi connectivity index (χ3v) is 6.57. The van der Waals surface area contributed by atoms with E-state index in [0.29, 0.717) is 22.9 Å². The number of furan rings is 1. The SMILES string of the molecule is Cc1ccc(N2C(=O)C(Cc3cccc(C)c3)S/C2=C(\C#N)C(=O)NCc2ccco2)cc1. The summed E-state index contributed by atoms with van der Waals surface area (Å²) in [4.78, 5) is 27.9. The molecule has 2 aromatic carbocycles. The summed E-state index contributed by atoms with van der Waals surface area (Å²) in [5.41, 5.74) is 3.74. The number of nitriles is 1. The van der Waals surface area contributed by atoms with Gasteiger partial charge in [-0.25, -0.2) is 0 Å². The Morgan fingerprint density at radius 1 is 1.12 bits per heavy atom. The fourth-order valence-corrected chi connectivity index (χ4v) is 4.95. The lowest BCUT2D eigenvalue weighted by Gasteiger charge is -2.19. The van der Waals surface area contributed by atoms with Crippen molar-refractivity contribution >= 4 is 29.3 Å². The highest BCUT2D eigenvalue weighted by molar-refractivity contribution is 8.05. The number of hydrogen-bond acceptors (Lipinski definition) is 5. The minimum Gasteiger partial charge on any atom is -0.467 e. The van der Waals surface area contributed by atoms with Gasteiger partial charge in [-0.15, -0.1) is 0 Å². The van der Waals surface area contributed by atoms with Gasteiger partial charge in [0.25, 0.3) is 5.91 Å². The number of benzene rings is 2. The summed E-state index contributed by atoms with van der Waals surface area (Å²) in [7, 11) is 0. The minimum absolute atomic E-state index is 0.0905. The predicted molar refractivity (Wildman–Crippen MR) is 128 cm³/mol. The average Bonchev–Trinajstić information content (AvgIpc) is 3.42. The van der Waals surface area contributed by atoms with Crippen LogP contribution in [-0.4, -0.2) is 17.1 Å². The molecule has 1 N–H and O–H groups in total. The highest BCUT2D eigenvalue weighted by Crippen LogP contribution is 2.42. The van der Waals surface area contributed by atoms with Crippen LogP contribution in [0.1, 0.15) is 22.5 Å². The summed E-state index contributed by atoms with van der Waals surface area (Å²) in [5.74, 6) is -0.113. The zero-order valence-electron chi connectivity index (χ0n) is 18.4. The second-order valence-corrected chi connectivity index (χ2v) is 9.05. The quantitative estimate of drug-likeness (QED) is 0.431. The van der Waals surface area contributed by atoms with Crippen LogP contribution in [0.2, 0.25) is 0 Å². The Bertz CT molecular complexity index is 1240. The van der Waals surface area contributed by atoms with E-state index >= 15 is 0 Å². The molecule has 1 atom stereocenters. The number of rotatable bonds is 6. The standard InChI is InChI=1S/C26H23N3O3S/c1-17-8-10-20(11-9-17)29-25(31)23(14-19-6-3-5-18(2)13-19)33-26(29)22(15-27)24(30)28-16-21-7-4-12-32-21/h3-13,23H,14,16H2,1-2H3,(H,28,30)/b26-22+. The first kappa shape index (κ1) is 22.4. The lowest BCUT2D eigenvalue weighted by molar-refractivity contribution is -0.117. The fourth-order valence-electron chi connectivity index (χ4n) is 3.64. The fraction of sp³-hybridized carbons (Fsp3) is 0.192. The van der Waals surface area contributed by atoms with Crippen LogP contribution in [0.15, 0.2) is 81.9 Å². The van der Waals surface area contributed by atoms with Gasteiger partial charge in [-0.3, -0.25) is 14.5 Å². The van der Waals surface area contributed by atoms with Gasteiger partial charge in [0.15, 0.2) is 0 Å². The molecule has 166 valence electrons. The number of anilines is 1. The predicted octanol–water partition coefficient (Wildman–Crippen LogP) is 4.64. The lowest BCUT2D eigenvalue weighted by Crippen LogP contribution is -2.32. The van der Waals surface area contributed by atoms with Crippen LogP contribution in [0, 0.1) is 25.2 Å². The topological polar surface area (TPSA) is 86.3 Å². The van der Waals surface area contributed by atoms with Crippen molar-refractivity contribution < 1.29 is 14.0 Å². The van der Waals surface area contributed by atoms with Crippen LogP contribution in [0.4, 0.5) is 5.69 Å². The van der Waals surface area contributed by atoms with Crippen LogP contribution >= 0.6 is 11.8 Å². The summed E-state index contributed by atoms with van der Waals surface area (Å²) < 4.78 is 5.25. The molecule has 7 heteroatoms. The summed E-state index contributed by atoms with van der Waals surface area (Å²) in [6.07, 6.45) is 2.02. The molecule has 1 aliphatic rings. The molecule has 1 unspecified atom stereocenters. The van der Waals surface area contributed by atoms with Gasteiger partial charge in [0.05, 0.1) is 18.1 Å². The van der Waals surface area contributed by atoms with Gasteiger partial charge in [0.2, 0.25) is 5.91 Å². The molecule has 3 aromatic rings. The van der Waals surface area contributed by atoms with Gasteiger partial charge in [-0.2, -0.15) is 5.26 Å². The summed E-state index contributed by atoms with van der Waals surface area (Å²) in [6.45, 7) is 4.12. The molecule has 1 saturated heterocycles. The Labute approximate surface area is 196 Å². The Kier molecular flexibility index (Phi) is 6.66. The zero-order valence-corrected chi connectivity index (χ0v) is 19.2. The van der Waals surface area contributed by atoms with E-state index in [1.807, 2.05) is 68.4 Å². The van der Waals surface area contributed by atoms with E-state index < -0.39 is 11.2 Å². The van der Waals surface area contributed by atoms with E-state index in [4.69, 9.17) is 4.42 Å². The monoisotopic (exact) mass is 457 g/mol. The van der Waals surface area contributed by atoms with Crippen LogP contribution in [0.25, 0.3) is 0 Å². The van der Waals surface area contributed by atoms with E-state index in [-0.39, 0.29) is 18.0 Å². The third-order valence-electron chi connectivity index (χ3n) is 5.30. The molecule has 0 bridgehead atoms. The first-order chi connectivity index (χ1) is 16.0. The van der Waals surface area contributed by atoms with Crippen molar-refractivity contribution in [2.75, 3.05) is 4.90 Å². The molecule has 4 rings (SSSR count). The molecule has 6 nitrogen and oxygen atoms in total. The van der Waals surface area contributed by atoms with Crippen molar-refractivity contribution in [2.24, 2.45) is 0 Å². The molecule has 2 amide bonds. The molecule has 0 saturated carbocycles. The molecule has 0 radical (unpaired) electrons. The van der Waals surface area contributed by atoms with Crippen molar-refractivity contribution in [1.29, 1.82) is 5.26 Å². The number of thioether (sulfide) groups is 1. The summed E-state index contributed by atoms with van der Waals surface area (Å²) in [5, 5.41) is 12.5. The van der Waals surface area contributed by atoms with Crippen molar-refractivity contribution in [3.8, 4) is 6.07 Å². The summed E-state index contributed by atoms with van der Waals surface area (Å²) >= 11 is 1.26. The van der Waals surface area contributed by atoms with Crippen LogP contribution in [0.3, 0.4) is 0 Å². The van der Waals surface area contributed by atoms with E-state index in [1.54, 1.807) is 12.1 Å². The Balaban J connectivity index is 1.68. The minimum atomic E-state index is -0.544. The van der Waals surface area contributed by atoms with Gasteiger partial charge in [-0.1, -0.05) is 59.3 Å². The van der Waals surface area contributed by atoms with Crippen LogP contribution < -0.4 is 10.2 Å². The first-order valence-electron chi connectivity index (χ1n) is 10.5. The smallest absolute Gasteiger partial charge is 0.265 e. The maximum absolute atomic E-state index is 13.5. The Morgan fingerprint density at radius 2 is 1.91 bits per heavy atom. The molecule has 33 heavy (non-hydrogen) atoms.